The maximum absolute atomic E-state index is 14.2. The Hall–Kier alpha value is -3.46. The Balaban J connectivity index is 1.83. The van der Waals surface area contributed by atoms with Crippen LogP contribution in [-0.4, -0.2) is 50.6 Å². The summed E-state index contributed by atoms with van der Waals surface area (Å²) in [5.41, 5.74) is 4.93. The lowest BCUT2D eigenvalue weighted by molar-refractivity contribution is -0.147. The van der Waals surface area contributed by atoms with Gasteiger partial charge in [-0.3, -0.25) is 5.10 Å². The first-order chi connectivity index (χ1) is 15.4. The van der Waals surface area contributed by atoms with Gasteiger partial charge >= 0.3 is 5.97 Å². The van der Waals surface area contributed by atoms with E-state index in [2.05, 4.69) is 28.6 Å². The highest BCUT2D eigenvalue weighted by molar-refractivity contribution is 5.94. The summed E-state index contributed by atoms with van der Waals surface area (Å²) in [5, 5.41) is 17.3. The highest BCUT2D eigenvalue weighted by atomic mass is 19.1. The molecule has 4 aromatic rings. The lowest BCUT2D eigenvalue weighted by atomic mass is 9.91. The summed E-state index contributed by atoms with van der Waals surface area (Å²) >= 11 is 0. The second-order valence-electron chi connectivity index (χ2n) is 8.36. The Labute approximate surface area is 183 Å². The first-order valence-electron chi connectivity index (χ1n) is 10.5. The summed E-state index contributed by atoms with van der Waals surface area (Å²) < 4.78 is 27.0. The minimum Gasteiger partial charge on any atom is -0.494 e. The first kappa shape index (κ1) is 20.4. The van der Waals surface area contributed by atoms with Crippen molar-refractivity contribution in [2.24, 2.45) is 0 Å². The molecule has 2 atom stereocenters. The van der Waals surface area contributed by atoms with Gasteiger partial charge in [-0.1, -0.05) is 13.8 Å². The van der Waals surface area contributed by atoms with E-state index in [9.17, 15) is 14.3 Å². The minimum absolute atomic E-state index is 0.0793. The summed E-state index contributed by atoms with van der Waals surface area (Å²) in [7, 11) is 1.43. The number of carbonyl (C=O) groups is 1. The van der Waals surface area contributed by atoms with E-state index in [1.165, 1.54) is 13.2 Å². The van der Waals surface area contributed by atoms with Crippen molar-refractivity contribution in [2.45, 2.75) is 38.2 Å². The van der Waals surface area contributed by atoms with Crippen molar-refractivity contribution in [3.63, 3.8) is 0 Å². The second kappa shape index (κ2) is 7.59. The van der Waals surface area contributed by atoms with Crippen LogP contribution in [0.4, 0.5) is 4.39 Å². The SMILES string of the molecule is COc1cc(-n2c(C(C)C)c(C3CO[C@H](C(=O)O)C3)c3nc4[nH]ncc4cc32)ccc1F. The van der Waals surface area contributed by atoms with Crippen molar-refractivity contribution in [3.8, 4) is 11.4 Å². The van der Waals surface area contributed by atoms with Crippen LogP contribution < -0.4 is 4.74 Å². The predicted octanol–water partition coefficient (Wildman–Crippen LogP) is 4.13. The number of carboxylic acid groups (broad SMARTS) is 1. The van der Waals surface area contributed by atoms with E-state index in [1.807, 2.05) is 6.07 Å². The van der Waals surface area contributed by atoms with Gasteiger partial charge in [0.25, 0.3) is 0 Å². The molecule has 1 aliphatic heterocycles. The smallest absolute Gasteiger partial charge is 0.332 e. The van der Waals surface area contributed by atoms with E-state index in [4.69, 9.17) is 14.5 Å². The number of fused-ring (bicyclic) bond motifs is 2. The topological polar surface area (TPSA) is 102 Å². The Kier molecular flexibility index (Phi) is 4.85. The molecule has 1 unspecified atom stereocenters. The zero-order valence-corrected chi connectivity index (χ0v) is 17.9. The molecule has 8 nitrogen and oxygen atoms in total. The molecule has 0 saturated carbocycles. The maximum atomic E-state index is 14.2. The average Bonchev–Trinajstić information content (AvgIpc) is 3.49. The normalized spacial score (nSPS) is 18.8. The fraction of sp³-hybridized carbons (Fsp3) is 0.348. The highest BCUT2D eigenvalue weighted by Gasteiger charge is 2.36. The number of ether oxygens (including phenoxy) is 2. The third-order valence-electron chi connectivity index (χ3n) is 6.04. The zero-order valence-electron chi connectivity index (χ0n) is 17.9. The number of nitrogens with one attached hydrogen (secondary N) is 1. The maximum Gasteiger partial charge on any atom is 0.332 e. The number of aromatic amines is 1. The Bertz CT molecular complexity index is 1340. The molecule has 1 saturated heterocycles. The number of pyridine rings is 1. The average molecular weight is 438 g/mol. The van der Waals surface area contributed by atoms with Gasteiger partial charge in [0.05, 0.1) is 30.9 Å². The van der Waals surface area contributed by atoms with Gasteiger partial charge in [-0.25, -0.2) is 14.2 Å². The van der Waals surface area contributed by atoms with Gasteiger partial charge in [0.1, 0.15) is 0 Å². The van der Waals surface area contributed by atoms with Gasteiger partial charge in [-0.15, -0.1) is 0 Å². The number of aromatic nitrogens is 4. The molecule has 2 N–H and O–H groups in total. The minimum atomic E-state index is -0.963. The largest absolute Gasteiger partial charge is 0.494 e. The summed E-state index contributed by atoms with van der Waals surface area (Å²) in [6.07, 6.45) is 1.22. The summed E-state index contributed by atoms with van der Waals surface area (Å²) in [6.45, 7) is 4.45. The van der Waals surface area contributed by atoms with Crippen LogP contribution in [0.3, 0.4) is 0 Å². The first-order valence-corrected chi connectivity index (χ1v) is 10.5. The van der Waals surface area contributed by atoms with Crippen LogP contribution in [0.15, 0.2) is 30.5 Å². The molecule has 1 fully saturated rings. The number of hydrogen-bond acceptors (Lipinski definition) is 5. The van der Waals surface area contributed by atoms with Crippen molar-refractivity contribution >= 4 is 28.0 Å². The summed E-state index contributed by atoms with van der Waals surface area (Å²) in [4.78, 5) is 16.4. The van der Waals surface area contributed by atoms with Gasteiger partial charge in [-0.2, -0.15) is 5.10 Å². The number of halogens is 1. The van der Waals surface area contributed by atoms with E-state index in [0.29, 0.717) is 18.7 Å². The van der Waals surface area contributed by atoms with Crippen LogP contribution in [0.1, 0.15) is 43.4 Å². The van der Waals surface area contributed by atoms with Crippen LogP contribution in [0.2, 0.25) is 0 Å². The van der Waals surface area contributed by atoms with Gasteiger partial charge in [-0.05, 0) is 30.5 Å². The quantitative estimate of drug-likeness (QED) is 0.486. The number of carboxylic acids is 1. The van der Waals surface area contributed by atoms with E-state index in [-0.39, 0.29) is 17.6 Å². The van der Waals surface area contributed by atoms with Crippen molar-refractivity contribution in [1.29, 1.82) is 0 Å². The number of methoxy groups -OCH3 is 1. The summed E-state index contributed by atoms with van der Waals surface area (Å²) in [5.74, 6) is -1.31. The number of aliphatic carboxylic acids is 1. The molecular weight excluding hydrogens is 415 g/mol. The molecule has 0 aliphatic carbocycles. The molecule has 0 amide bonds. The Morgan fingerprint density at radius 2 is 2.19 bits per heavy atom. The fourth-order valence-electron chi connectivity index (χ4n) is 4.65. The van der Waals surface area contributed by atoms with E-state index >= 15 is 0 Å². The Morgan fingerprint density at radius 3 is 2.88 bits per heavy atom. The van der Waals surface area contributed by atoms with Crippen molar-refractivity contribution in [1.82, 2.24) is 19.7 Å². The molecular formula is C23H23FN4O4. The molecule has 9 heteroatoms. The number of benzene rings is 1. The third kappa shape index (κ3) is 3.12. The summed E-state index contributed by atoms with van der Waals surface area (Å²) in [6, 6.07) is 6.75. The number of H-pyrrole nitrogens is 1. The van der Waals surface area contributed by atoms with Gasteiger partial charge in [0, 0.05) is 34.3 Å². The molecule has 1 aromatic carbocycles. The van der Waals surface area contributed by atoms with Crippen LogP contribution in [0.25, 0.3) is 27.8 Å². The third-order valence-corrected chi connectivity index (χ3v) is 6.04. The molecule has 4 heterocycles. The van der Waals surface area contributed by atoms with Crippen molar-refractivity contribution < 1.29 is 23.8 Å². The van der Waals surface area contributed by atoms with Crippen LogP contribution >= 0.6 is 0 Å². The second-order valence-corrected chi connectivity index (χ2v) is 8.36. The van der Waals surface area contributed by atoms with E-state index in [1.54, 1.807) is 18.3 Å². The van der Waals surface area contributed by atoms with Gasteiger partial charge < -0.3 is 19.1 Å². The predicted molar refractivity (Wildman–Crippen MR) is 116 cm³/mol. The lowest BCUT2D eigenvalue weighted by Gasteiger charge is -2.18. The van der Waals surface area contributed by atoms with Crippen molar-refractivity contribution in [3.05, 3.63) is 47.5 Å². The zero-order chi connectivity index (χ0) is 22.6. The monoisotopic (exact) mass is 438 g/mol. The van der Waals surface area contributed by atoms with E-state index in [0.717, 1.165) is 33.4 Å². The van der Waals surface area contributed by atoms with Crippen LogP contribution in [0, 0.1) is 5.82 Å². The molecule has 166 valence electrons. The van der Waals surface area contributed by atoms with E-state index < -0.39 is 17.9 Å². The fourth-order valence-corrected chi connectivity index (χ4v) is 4.65. The molecule has 0 spiro atoms. The van der Waals surface area contributed by atoms with Crippen LogP contribution in [-0.2, 0) is 9.53 Å². The molecule has 3 aromatic heterocycles. The number of rotatable bonds is 5. The number of hydrogen-bond donors (Lipinski definition) is 2. The molecule has 1 aliphatic rings. The molecule has 0 radical (unpaired) electrons. The standard InChI is InChI=1S/C23H23FN4O4/c1-11(2)21-19(13-7-18(23(29)30)32-10-13)20-16(6-12-9-25-27-22(12)26-20)28(21)14-4-5-15(24)17(8-14)31-3/h4-6,8-9,11,13,18H,7,10H2,1-3H3,(H,29,30)(H,25,26,27)/t13?,18-/m0/s1. The number of nitrogens with zero attached hydrogens (tertiary/aromatic N) is 3. The molecule has 32 heavy (non-hydrogen) atoms. The lowest BCUT2D eigenvalue weighted by Crippen LogP contribution is -2.18. The van der Waals surface area contributed by atoms with Gasteiger partial charge in [0.15, 0.2) is 23.3 Å². The van der Waals surface area contributed by atoms with Gasteiger partial charge in [0.2, 0.25) is 0 Å². The molecule has 5 rings (SSSR count). The van der Waals surface area contributed by atoms with Crippen molar-refractivity contribution in [2.75, 3.05) is 13.7 Å². The highest BCUT2D eigenvalue weighted by Crippen LogP contribution is 2.42. The molecule has 0 bridgehead atoms. The van der Waals surface area contributed by atoms with Crippen LogP contribution in [0.5, 0.6) is 5.75 Å². The Morgan fingerprint density at radius 1 is 1.38 bits per heavy atom.